The number of anilines is 1. The van der Waals surface area contributed by atoms with Crippen LogP contribution in [0.5, 0.6) is 0 Å². The molecule has 23 heavy (non-hydrogen) atoms. The average Bonchev–Trinajstić information content (AvgIpc) is 2.89. The summed E-state index contributed by atoms with van der Waals surface area (Å²) in [5.41, 5.74) is 0.118. The van der Waals surface area contributed by atoms with Crippen LogP contribution in [0, 0.1) is 55.9 Å². The number of carbonyl (C=O) groups excluding carboxylic acids is 2. The van der Waals surface area contributed by atoms with E-state index < -0.39 is 35.9 Å². The molecule has 0 aliphatic carbocycles. The predicted molar refractivity (Wildman–Crippen MR) is 85.2 cm³/mol. The first-order valence-corrected chi connectivity index (χ1v) is 10.1. The van der Waals surface area contributed by atoms with E-state index in [-0.39, 0.29) is 57.4 Å². The van der Waals surface area contributed by atoms with Gasteiger partial charge in [-0.3, -0.25) is 0 Å². The van der Waals surface area contributed by atoms with E-state index in [0.29, 0.717) is 5.92 Å². The van der Waals surface area contributed by atoms with Crippen molar-refractivity contribution in [1.82, 2.24) is 15.0 Å². The second kappa shape index (κ2) is 7.20. The number of halogens is 1. The van der Waals surface area contributed by atoms with Crippen molar-refractivity contribution in [3.8, 4) is 12.3 Å². The zero-order valence-corrected chi connectivity index (χ0v) is 18.4. The van der Waals surface area contributed by atoms with E-state index in [4.69, 9.17) is 6.42 Å². The molecule has 1 aromatic rings. The van der Waals surface area contributed by atoms with Crippen LogP contribution in [-0.4, -0.2) is 49.5 Å². The smallest absolute Gasteiger partial charge is 2.00 e. The van der Waals surface area contributed by atoms with Crippen LogP contribution in [-0.2, 0) is 6.54 Å². The van der Waals surface area contributed by atoms with E-state index >= 15 is 0 Å². The minimum atomic E-state index is -2.81. The molecule has 2 N–H and O–H groups in total. The molecule has 0 fully saturated rings. The van der Waals surface area contributed by atoms with E-state index in [0.717, 1.165) is 0 Å². The molecule has 3 heterocycles. The van der Waals surface area contributed by atoms with Crippen LogP contribution in [0.1, 0.15) is 17.4 Å². The number of hydrogen-bond donors (Lipinski definition) is 2. The summed E-state index contributed by atoms with van der Waals surface area (Å²) in [6.45, 7) is 3.03. The number of aromatic nitrogens is 3. The van der Waals surface area contributed by atoms with Gasteiger partial charge in [0.15, 0.2) is 0 Å². The summed E-state index contributed by atoms with van der Waals surface area (Å²) >= 11 is -2.81. The van der Waals surface area contributed by atoms with Gasteiger partial charge in [-0.1, -0.05) is 0 Å². The maximum atomic E-state index is 12.6. The summed E-state index contributed by atoms with van der Waals surface area (Å²) in [4.78, 5) is 26.2. The Balaban J connectivity index is 0.00000192. The molecule has 2 aliphatic heterocycles. The summed E-state index contributed by atoms with van der Waals surface area (Å²) in [5, 5.41) is 27.9. The molecule has 120 valence electrons. The van der Waals surface area contributed by atoms with Gasteiger partial charge in [0, 0.05) is 0 Å². The van der Waals surface area contributed by atoms with E-state index in [1.807, 2.05) is 0 Å². The molecule has 0 saturated heterocycles. The number of aliphatic hydroxyl groups is 2. The Labute approximate surface area is 163 Å². The van der Waals surface area contributed by atoms with Crippen LogP contribution in [0.4, 0.5) is 10.6 Å². The maximum Gasteiger partial charge on any atom is 2.00 e. The van der Waals surface area contributed by atoms with Crippen molar-refractivity contribution in [3.63, 3.8) is 0 Å². The molecule has 1 aromatic heterocycles. The second-order valence-electron chi connectivity index (χ2n) is 4.95. The van der Waals surface area contributed by atoms with Crippen molar-refractivity contribution < 1.29 is 50.9 Å². The summed E-state index contributed by atoms with van der Waals surface area (Å²) in [5.74, 6) is 3.17. The minimum absolute atomic E-state index is 0. The summed E-state index contributed by atoms with van der Waals surface area (Å²) in [6, 6.07) is 0. The fraction of sp³-hybridized carbons (Fsp3) is 0.385. The third kappa shape index (κ3) is 3.10. The normalized spacial score (nSPS) is 26.0. The molecule has 2 unspecified atom stereocenters. The molecule has 1 amide bonds. The van der Waals surface area contributed by atoms with Crippen molar-refractivity contribution in [2.75, 3.05) is 9.33 Å². The van der Waals surface area contributed by atoms with Crippen molar-refractivity contribution in [1.29, 1.82) is 0 Å². The van der Waals surface area contributed by atoms with Gasteiger partial charge >= 0.3 is 165 Å². The number of amides is 1. The quantitative estimate of drug-likeness (QED) is 0.110. The maximum absolute atomic E-state index is 12.6. The van der Waals surface area contributed by atoms with E-state index in [2.05, 4.69) is 16.2 Å². The van der Waals surface area contributed by atoms with E-state index in [1.54, 1.807) is 6.92 Å². The fourth-order valence-corrected chi connectivity index (χ4v) is 5.85. The van der Waals surface area contributed by atoms with Crippen molar-refractivity contribution in [2.45, 2.75) is 25.7 Å². The Hall–Kier alpha value is -0.458. The average molecular weight is 654 g/mol. The number of rotatable bonds is 1. The van der Waals surface area contributed by atoms with Gasteiger partial charge in [-0.15, -0.1) is 0 Å². The van der Waals surface area contributed by atoms with Gasteiger partial charge in [0.2, 0.25) is 0 Å². The van der Waals surface area contributed by atoms with Crippen molar-refractivity contribution in [2.24, 2.45) is 0 Å². The first kappa shape index (κ1) is 18.9. The number of hydrogen-bond acceptors (Lipinski definition) is 6. The summed E-state index contributed by atoms with van der Waals surface area (Å²) < 4.78 is 0.776. The third-order valence-electron chi connectivity index (χ3n) is 3.46. The summed E-state index contributed by atoms with van der Waals surface area (Å²) in [7, 11) is 0. The van der Waals surface area contributed by atoms with Gasteiger partial charge in [-0.25, -0.2) is 0 Å². The number of aliphatic hydroxyl groups excluding tert-OH is 2. The van der Waals surface area contributed by atoms with E-state index in [9.17, 15) is 19.8 Å². The molecule has 2 aliphatic rings. The fourth-order valence-electron chi connectivity index (χ4n) is 2.33. The van der Waals surface area contributed by atoms with Gasteiger partial charge < -0.3 is 0 Å². The molecular weight excluding hydrogens is 641 g/mol. The van der Waals surface area contributed by atoms with Gasteiger partial charge in [-0.2, -0.15) is 0 Å². The largest absolute Gasteiger partial charge is 2.00 e. The molecule has 10 heteroatoms. The standard InChI is InChI=1S/C13H13IN4O4.U/c1-3-4-14-11(21)9-12-17(13(14)22)6-8(19)10(20)7(2)5-18(12)16-15-9;/h1,6,8,10,19-20H,4-5H2,2H3;/q-2;+2. The van der Waals surface area contributed by atoms with Crippen LogP contribution < -0.4 is 4.90 Å². The molecule has 0 bridgehead atoms. The number of terminal acetylenes is 1. The van der Waals surface area contributed by atoms with Gasteiger partial charge in [0.1, 0.15) is 0 Å². The molecule has 8 nitrogen and oxygen atoms in total. The zero-order chi connectivity index (χ0) is 16.0. The van der Waals surface area contributed by atoms with Crippen molar-refractivity contribution in [3.05, 3.63) is 18.2 Å². The molecule has 0 aromatic carbocycles. The van der Waals surface area contributed by atoms with Crippen LogP contribution in [0.25, 0.3) is 0 Å². The SMILES string of the molecule is C#CCI1C(=O)c2nnn3c2N([CH-]C(O)C(O)[C-](C)C3)C1=O.[U+2]. The van der Waals surface area contributed by atoms with Crippen LogP contribution in [0.2, 0.25) is 0 Å². The topological polar surface area (TPSA) is 109 Å². The zero-order valence-electron chi connectivity index (χ0n) is 12.1. The van der Waals surface area contributed by atoms with Crippen LogP contribution in [0.15, 0.2) is 0 Å². The molecule has 0 radical (unpaired) electrons. The Bertz CT molecular complexity index is 688. The number of carbonyl (C=O) groups is 2. The minimum Gasteiger partial charge on any atom is 2.00 e. The van der Waals surface area contributed by atoms with E-state index in [1.165, 1.54) is 16.1 Å². The van der Waals surface area contributed by atoms with Gasteiger partial charge in [-0.05, 0) is 0 Å². The second-order valence-corrected chi connectivity index (χ2v) is 9.68. The molecule has 0 spiro atoms. The Morgan fingerprint density at radius 2 is 2.22 bits per heavy atom. The van der Waals surface area contributed by atoms with Crippen LogP contribution >= 0.6 is 19.8 Å². The van der Waals surface area contributed by atoms with Gasteiger partial charge in [0.25, 0.3) is 0 Å². The van der Waals surface area contributed by atoms with Gasteiger partial charge in [0.05, 0.1) is 0 Å². The molecular formula is C13H13IN4O4U. The predicted octanol–water partition coefficient (Wildman–Crippen LogP) is -0.0105. The Kier molecular flexibility index (Phi) is 5.91. The van der Waals surface area contributed by atoms with Crippen LogP contribution in [0.3, 0.4) is 0 Å². The number of alkyl halides is 1. The summed E-state index contributed by atoms with van der Waals surface area (Å²) in [6.07, 6.45) is 2.88. The first-order valence-electron chi connectivity index (χ1n) is 6.39. The molecule has 3 rings (SSSR count). The molecule has 2 atom stereocenters. The first-order chi connectivity index (χ1) is 10.5. The Morgan fingerprint density at radius 3 is 2.87 bits per heavy atom. The number of nitrogens with zero attached hydrogens (tertiary/aromatic N) is 4. The van der Waals surface area contributed by atoms with Crippen molar-refractivity contribution >= 4 is 33.3 Å². The molecule has 0 saturated carbocycles. The monoisotopic (exact) mass is 654 g/mol. The Morgan fingerprint density at radius 1 is 1.52 bits per heavy atom. The third-order valence-corrected chi connectivity index (χ3v) is 7.99.